The second-order valence-electron chi connectivity index (χ2n) is 6.82. The third-order valence-electron chi connectivity index (χ3n) is 4.87. The van der Waals surface area contributed by atoms with Gasteiger partial charge in [-0.2, -0.15) is 5.10 Å². The van der Waals surface area contributed by atoms with Crippen LogP contribution in [0, 0.1) is 11.8 Å². The molecule has 5 heteroatoms. The molecule has 1 fully saturated rings. The van der Waals surface area contributed by atoms with E-state index in [-0.39, 0.29) is 5.41 Å². The van der Waals surface area contributed by atoms with E-state index in [0.717, 1.165) is 16.9 Å². The summed E-state index contributed by atoms with van der Waals surface area (Å²) >= 11 is 7.65. The second kappa shape index (κ2) is 7.14. The van der Waals surface area contributed by atoms with Gasteiger partial charge in [0.15, 0.2) is 0 Å². The van der Waals surface area contributed by atoms with Crippen LogP contribution in [0.1, 0.15) is 45.7 Å². The van der Waals surface area contributed by atoms with Crippen molar-refractivity contribution in [1.82, 2.24) is 9.78 Å². The summed E-state index contributed by atoms with van der Waals surface area (Å²) in [5.41, 5.74) is 1.38. The molecular weight excluding hydrogens is 396 g/mol. The number of rotatable bonds is 5. The Bertz CT molecular complexity index is 473. The minimum atomic E-state index is 0.0807. The molecule has 0 bridgehead atoms. The predicted molar refractivity (Wildman–Crippen MR) is 94.0 cm³/mol. The van der Waals surface area contributed by atoms with Gasteiger partial charge in [-0.3, -0.25) is 4.68 Å². The molecule has 3 atom stereocenters. The Balaban J connectivity index is 2.28. The fourth-order valence-corrected chi connectivity index (χ4v) is 6.02. The maximum atomic E-state index is 5.22. The zero-order chi connectivity index (χ0) is 15.6. The van der Waals surface area contributed by atoms with E-state index in [4.69, 9.17) is 4.74 Å². The minimum absolute atomic E-state index is 0.0807. The first kappa shape index (κ1) is 17.5. The molecule has 0 saturated heterocycles. The number of ether oxygens (including phenoxy) is 1. The van der Waals surface area contributed by atoms with E-state index in [0.29, 0.717) is 17.4 Å². The summed E-state index contributed by atoms with van der Waals surface area (Å²) in [5, 5.41) is 4.53. The van der Waals surface area contributed by atoms with E-state index in [9.17, 15) is 0 Å². The van der Waals surface area contributed by atoms with Crippen molar-refractivity contribution in [1.29, 1.82) is 0 Å². The predicted octanol–water partition coefficient (Wildman–Crippen LogP) is 4.77. The standard InChI is InChI=1S/C16H26Br2N2O/c1-11-5-6-12(13(17)9-11)16(2,3)15-14(18)10-19-20(15)7-8-21-4/h10-13H,5-9H2,1-4H3. The Morgan fingerprint density at radius 2 is 2.14 bits per heavy atom. The SMILES string of the molecule is COCCn1ncc(Br)c1C(C)(C)C1CCC(C)CC1Br. The third-order valence-corrected chi connectivity index (χ3v) is 6.47. The Morgan fingerprint density at radius 1 is 1.43 bits per heavy atom. The third kappa shape index (κ3) is 3.73. The van der Waals surface area contributed by atoms with Crippen molar-refractivity contribution in [2.75, 3.05) is 13.7 Å². The van der Waals surface area contributed by atoms with Gasteiger partial charge in [0.2, 0.25) is 0 Å². The average Bonchev–Trinajstić information content (AvgIpc) is 2.77. The molecule has 0 amide bonds. The Morgan fingerprint density at radius 3 is 2.76 bits per heavy atom. The molecule has 1 aromatic heterocycles. The molecule has 1 heterocycles. The molecule has 1 aliphatic rings. The molecule has 0 N–H and O–H groups in total. The van der Waals surface area contributed by atoms with E-state index < -0.39 is 0 Å². The fourth-order valence-electron chi connectivity index (χ4n) is 3.65. The van der Waals surface area contributed by atoms with Crippen molar-refractivity contribution in [3.63, 3.8) is 0 Å². The highest BCUT2D eigenvalue weighted by molar-refractivity contribution is 9.10. The summed E-state index contributed by atoms with van der Waals surface area (Å²) in [6, 6.07) is 0. The van der Waals surface area contributed by atoms with Crippen LogP contribution in [-0.4, -0.2) is 28.3 Å². The lowest BCUT2D eigenvalue weighted by Gasteiger charge is -2.42. The van der Waals surface area contributed by atoms with Crippen LogP contribution in [0.15, 0.2) is 10.7 Å². The zero-order valence-electron chi connectivity index (χ0n) is 13.4. The molecule has 1 aromatic rings. The number of alkyl halides is 1. The van der Waals surface area contributed by atoms with Crippen molar-refractivity contribution in [3.8, 4) is 0 Å². The summed E-state index contributed by atoms with van der Waals surface area (Å²) in [6.07, 6.45) is 5.77. The van der Waals surface area contributed by atoms with Gasteiger partial charge in [-0.1, -0.05) is 43.1 Å². The maximum absolute atomic E-state index is 5.22. The maximum Gasteiger partial charge on any atom is 0.0659 e. The van der Waals surface area contributed by atoms with Gasteiger partial charge in [-0.25, -0.2) is 0 Å². The van der Waals surface area contributed by atoms with Crippen LogP contribution < -0.4 is 0 Å². The highest BCUT2D eigenvalue weighted by Crippen LogP contribution is 2.46. The van der Waals surface area contributed by atoms with Crippen molar-refractivity contribution in [2.45, 2.75) is 56.8 Å². The van der Waals surface area contributed by atoms with Gasteiger partial charge in [0, 0.05) is 17.4 Å². The number of hydrogen-bond donors (Lipinski definition) is 0. The minimum Gasteiger partial charge on any atom is -0.383 e. The van der Waals surface area contributed by atoms with Crippen LogP contribution in [-0.2, 0) is 16.7 Å². The normalized spacial score (nSPS) is 27.0. The van der Waals surface area contributed by atoms with Gasteiger partial charge in [-0.15, -0.1) is 0 Å². The van der Waals surface area contributed by atoms with Crippen molar-refractivity contribution >= 4 is 31.9 Å². The largest absolute Gasteiger partial charge is 0.383 e. The number of nitrogens with zero attached hydrogens (tertiary/aromatic N) is 2. The van der Waals surface area contributed by atoms with E-state index in [1.165, 1.54) is 25.0 Å². The molecular formula is C16H26Br2N2O. The lowest BCUT2D eigenvalue weighted by molar-refractivity contribution is 0.172. The van der Waals surface area contributed by atoms with Gasteiger partial charge >= 0.3 is 0 Å². The Hall–Kier alpha value is 0.130. The van der Waals surface area contributed by atoms with Crippen molar-refractivity contribution in [3.05, 3.63) is 16.4 Å². The molecule has 0 aromatic carbocycles. The van der Waals surface area contributed by atoms with Crippen molar-refractivity contribution in [2.24, 2.45) is 11.8 Å². The molecule has 2 rings (SSSR count). The topological polar surface area (TPSA) is 27.1 Å². The molecule has 0 spiro atoms. The van der Waals surface area contributed by atoms with Crippen LogP contribution >= 0.6 is 31.9 Å². The van der Waals surface area contributed by atoms with E-state index >= 15 is 0 Å². The van der Waals surface area contributed by atoms with Gasteiger partial charge in [-0.05, 0) is 40.6 Å². The van der Waals surface area contributed by atoms with E-state index in [1.54, 1.807) is 7.11 Å². The highest BCUT2D eigenvalue weighted by atomic mass is 79.9. The second-order valence-corrected chi connectivity index (χ2v) is 8.85. The molecule has 21 heavy (non-hydrogen) atoms. The van der Waals surface area contributed by atoms with Crippen LogP contribution in [0.4, 0.5) is 0 Å². The highest BCUT2D eigenvalue weighted by Gasteiger charge is 2.41. The molecule has 3 nitrogen and oxygen atoms in total. The smallest absolute Gasteiger partial charge is 0.0659 e. The fraction of sp³-hybridized carbons (Fsp3) is 0.812. The number of aromatic nitrogens is 2. The van der Waals surface area contributed by atoms with Crippen LogP contribution in [0.5, 0.6) is 0 Å². The lowest BCUT2D eigenvalue weighted by atomic mass is 9.67. The lowest BCUT2D eigenvalue weighted by Crippen LogP contribution is -2.40. The first-order valence-electron chi connectivity index (χ1n) is 7.72. The van der Waals surface area contributed by atoms with Crippen LogP contribution in [0.3, 0.4) is 0 Å². The van der Waals surface area contributed by atoms with Gasteiger partial charge in [0.1, 0.15) is 0 Å². The quantitative estimate of drug-likeness (QED) is 0.640. The van der Waals surface area contributed by atoms with Gasteiger partial charge in [0.05, 0.1) is 29.5 Å². The molecule has 3 unspecified atom stereocenters. The molecule has 120 valence electrons. The molecule has 1 saturated carbocycles. The number of halogens is 2. The first-order valence-corrected chi connectivity index (χ1v) is 9.43. The van der Waals surface area contributed by atoms with Gasteiger partial charge < -0.3 is 4.74 Å². The van der Waals surface area contributed by atoms with Crippen molar-refractivity contribution < 1.29 is 4.74 Å². The molecule has 0 radical (unpaired) electrons. The Labute approximate surface area is 145 Å². The number of hydrogen-bond acceptors (Lipinski definition) is 2. The summed E-state index contributed by atoms with van der Waals surface area (Å²) in [5.74, 6) is 1.45. The summed E-state index contributed by atoms with van der Waals surface area (Å²) < 4.78 is 8.43. The molecule has 0 aliphatic heterocycles. The zero-order valence-corrected chi connectivity index (χ0v) is 16.6. The monoisotopic (exact) mass is 420 g/mol. The summed E-state index contributed by atoms with van der Waals surface area (Å²) in [6.45, 7) is 8.56. The van der Waals surface area contributed by atoms with E-state index in [1.807, 2.05) is 6.20 Å². The van der Waals surface area contributed by atoms with Crippen LogP contribution in [0.2, 0.25) is 0 Å². The first-order chi connectivity index (χ1) is 9.87. The molecule has 1 aliphatic carbocycles. The average molecular weight is 422 g/mol. The number of methoxy groups -OCH3 is 1. The van der Waals surface area contributed by atoms with Crippen LogP contribution in [0.25, 0.3) is 0 Å². The summed E-state index contributed by atoms with van der Waals surface area (Å²) in [4.78, 5) is 0.578. The Kier molecular flexibility index (Phi) is 5.94. The van der Waals surface area contributed by atoms with Gasteiger partial charge in [0.25, 0.3) is 0 Å². The summed E-state index contributed by atoms with van der Waals surface area (Å²) in [7, 11) is 1.74. The van der Waals surface area contributed by atoms with E-state index in [2.05, 4.69) is 62.4 Å².